The van der Waals surface area contributed by atoms with Crippen molar-refractivity contribution < 1.29 is 22.5 Å². The molecule has 0 bridgehead atoms. The molecule has 0 aliphatic heterocycles. The highest BCUT2D eigenvalue weighted by Gasteiger charge is 2.34. The summed E-state index contributed by atoms with van der Waals surface area (Å²) in [6.45, 7) is 3.56. The van der Waals surface area contributed by atoms with Crippen LogP contribution in [-0.2, 0) is 6.18 Å². The van der Waals surface area contributed by atoms with Crippen molar-refractivity contribution in [1.29, 1.82) is 0 Å². The fourth-order valence-corrected chi connectivity index (χ4v) is 2.73. The molecular formula is C18H18ClF3N4O2. The Morgan fingerprint density at radius 3 is 2.64 bits per heavy atom. The Morgan fingerprint density at radius 2 is 2.00 bits per heavy atom. The standard InChI is InChI=1S/C18H17F3N4O2.ClH/c1-9(8-22)23-16(26)12-7-14(24-17-15(12)10(2)25-27-17)11-5-3-4-6-13(11)18(19,20)21;/h3-7,9H,8,22H2,1-2H3,(H,23,26);1H/t9-;/m0./s1. The van der Waals surface area contributed by atoms with Crippen molar-refractivity contribution in [3.05, 3.63) is 47.2 Å². The molecule has 0 saturated heterocycles. The van der Waals surface area contributed by atoms with Gasteiger partial charge < -0.3 is 15.6 Å². The van der Waals surface area contributed by atoms with Crippen LogP contribution in [0.2, 0.25) is 0 Å². The van der Waals surface area contributed by atoms with Crippen molar-refractivity contribution in [2.75, 3.05) is 6.54 Å². The van der Waals surface area contributed by atoms with Crippen molar-refractivity contribution >= 4 is 29.4 Å². The topological polar surface area (TPSA) is 94.0 Å². The van der Waals surface area contributed by atoms with Crippen LogP contribution in [0.1, 0.15) is 28.5 Å². The molecule has 1 amide bonds. The first kappa shape index (κ1) is 21.6. The van der Waals surface area contributed by atoms with E-state index in [4.69, 9.17) is 10.3 Å². The Morgan fingerprint density at radius 1 is 1.32 bits per heavy atom. The number of carbonyl (C=O) groups is 1. The van der Waals surface area contributed by atoms with Gasteiger partial charge in [-0.15, -0.1) is 12.4 Å². The monoisotopic (exact) mass is 414 g/mol. The van der Waals surface area contributed by atoms with Gasteiger partial charge in [0.05, 0.1) is 27.9 Å². The molecule has 0 saturated carbocycles. The van der Waals surface area contributed by atoms with E-state index in [0.717, 1.165) is 6.07 Å². The summed E-state index contributed by atoms with van der Waals surface area (Å²) >= 11 is 0. The van der Waals surface area contributed by atoms with Crippen LogP contribution in [0.3, 0.4) is 0 Å². The van der Waals surface area contributed by atoms with Crippen LogP contribution in [0, 0.1) is 6.92 Å². The normalized spacial score (nSPS) is 12.5. The number of aromatic nitrogens is 2. The summed E-state index contributed by atoms with van der Waals surface area (Å²) in [7, 11) is 0. The minimum atomic E-state index is -4.57. The Bertz CT molecular complexity index is 1000. The molecule has 0 fully saturated rings. The molecule has 10 heteroatoms. The number of hydrogen-bond donors (Lipinski definition) is 2. The first-order valence-electron chi connectivity index (χ1n) is 8.17. The summed E-state index contributed by atoms with van der Waals surface area (Å²) in [6.07, 6.45) is -4.57. The molecule has 0 unspecified atom stereocenters. The lowest BCUT2D eigenvalue weighted by atomic mass is 10.0. The van der Waals surface area contributed by atoms with Crippen molar-refractivity contribution in [1.82, 2.24) is 15.5 Å². The average molecular weight is 415 g/mol. The van der Waals surface area contributed by atoms with E-state index in [-0.39, 0.29) is 47.5 Å². The van der Waals surface area contributed by atoms with E-state index in [1.54, 1.807) is 13.8 Å². The number of hydrogen-bond acceptors (Lipinski definition) is 5. The number of fused-ring (bicyclic) bond motifs is 1. The van der Waals surface area contributed by atoms with Crippen molar-refractivity contribution in [2.45, 2.75) is 26.1 Å². The van der Waals surface area contributed by atoms with Gasteiger partial charge in [0.1, 0.15) is 0 Å². The number of amides is 1. The van der Waals surface area contributed by atoms with Gasteiger partial charge in [-0.3, -0.25) is 4.79 Å². The van der Waals surface area contributed by atoms with Gasteiger partial charge in [-0.1, -0.05) is 23.4 Å². The molecule has 2 heterocycles. The van der Waals surface area contributed by atoms with Crippen LogP contribution in [-0.4, -0.2) is 28.6 Å². The molecule has 0 radical (unpaired) electrons. The molecule has 3 aromatic rings. The van der Waals surface area contributed by atoms with Crippen molar-refractivity contribution in [3.63, 3.8) is 0 Å². The van der Waals surface area contributed by atoms with E-state index >= 15 is 0 Å². The summed E-state index contributed by atoms with van der Waals surface area (Å²) in [5, 5.41) is 6.83. The number of rotatable bonds is 4. The van der Waals surface area contributed by atoms with Gasteiger partial charge in [-0.05, 0) is 26.0 Å². The zero-order chi connectivity index (χ0) is 19.8. The summed E-state index contributed by atoms with van der Waals surface area (Å²) in [5.74, 6) is -0.489. The number of carbonyl (C=O) groups excluding carboxylic acids is 1. The number of pyridine rings is 1. The number of alkyl halides is 3. The summed E-state index contributed by atoms with van der Waals surface area (Å²) in [6, 6.07) is 6.02. The Hall–Kier alpha value is -2.65. The maximum absolute atomic E-state index is 13.4. The van der Waals surface area contributed by atoms with E-state index < -0.39 is 17.6 Å². The van der Waals surface area contributed by atoms with Crippen LogP contribution >= 0.6 is 12.4 Å². The number of aryl methyl sites for hydroxylation is 1. The highest BCUT2D eigenvalue weighted by molar-refractivity contribution is 6.07. The minimum absolute atomic E-state index is 0. The fourth-order valence-electron chi connectivity index (χ4n) is 2.73. The molecule has 3 N–H and O–H groups in total. The SMILES string of the molecule is Cc1noc2nc(-c3ccccc3C(F)(F)F)cc(C(=O)N[C@@H](C)CN)c12.Cl. The third kappa shape index (κ3) is 4.10. The average Bonchev–Trinajstić information content (AvgIpc) is 3.01. The lowest BCUT2D eigenvalue weighted by Gasteiger charge is -2.14. The van der Waals surface area contributed by atoms with Gasteiger partial charge in [0.2, 0.25) is 0 Å². The van der Waals surface area contributed by atoms with Crippen LogP contribution < -0.4 is 11.1 Å². The minimum Gasteiger partial charge on any atom is -0.348 e. The van der Waals surface area contributed by atoms with E-state index in [1.165, 1.54) is 24.3 Å². The van der Waals surface area contributed by atoms with Crippen LogP contribution in [0.4, 0.5) is 13.2 Å². The first-order valence-corrected chi connectivity index (χ1v) is 8.17. The number of halogens is 4. The zero-order valence-electron chi connectivity index (χ0n) is 15.0. The van der Waals surface area contributed by atoms with E-state index in [2.05, 4.69) is 15.5 Å². The van der Waals surface area contributed by atoms with E-state index in [0.29, 0.717) is 11.1 Å². The molecule has 2 aromatic heterocycles. The highest BCUT2D eigenvalue weighted by Crippen LogP contribution is 2.37. The Kier molecular flexibility index (Phi) is 6.30. The molecule has 6 nitrogen and oxygen atoms in total. The van der Waals surface area contributed by atoms with Crippen LogP contribution in [0.25, 0.3) is 22.4 Å². The maximum Gasteiger partial charge on any atom is 0.417 e. The zero-order valence-corrected chi connectivity index (χ0v) is 15.8. The number of nitrogens with two attached hydrogens (primary N) is 1. The highest BCUT2D eigenvalue weighted by atomic mass is 35.5. The summed E-state index contributed by atoms with van der Waals surface area (Å²) in [5.41, 5.74) is 5.03. The van der Waals surface area contributed by atoms with Crippen molar-refractivity contribution in [3.8, 4) is 11.3 Å². The van der Waals surface area contributed by atoms with Gasteiger partial charge in [-0.25, -0.2) is 4.98 Å². The lowest BCUT2D eigenvalue weighted by Crippen LogP contribution is -2.37. The number of nitrogens with zero attached hydrogens (tertiary/aromatic N) is 2. The third-order valence-corrected chi connectivity index (χ3v) is 4.10. The second-order valence-electron chi connectivity index (χ2n) is 6.16. The predicted octanol–water partition coefficient (Wildman–Crippen LogP) is 3.72. The number of nitrogens with one attached hydrogen (secondary N) is 1. The molecule has 150 valence electrons. The molecular weight excluding hydrogens is 397 g/mol. The molecule has 1 aromatic carbocycles. The van der Waals surface area contributed by atoms with E-state index in [1.807, 2.05) is 0 Å². The van der Waals surface area contributed by atoms with Crippen LogP contribution in [0.5, 0.6) is 0 Å². The van der Waals surface area contributed by atoms with Crippen LogP contribution in [0.15, 0.2) is 34.9 Å². The maximum atomic E-state index is 13.4. The summed E-state index contributed by atoms with van der Waals surface area (Å²) < 4.78 is 45.2. The summed E-state index contributed by atoms with van der Waals surface area (Å²) in [4.78, 5) is 16.8. The smallest absolute Gasteiger partial charge is 0.348 e. The molecule has 0 aliphatic carbocycles. The quantitative estimate of drug-likeness (QED) is 0.678. The van der Waals surface area contributed by atoms with Crippen molar-refractivity contribution in [2.24, 2.45) is 5.73 Å². The van der Waals surface area contributed by atoms with Gasteiger partial charge in [-0.2, -0.15) is 13.2 Å². The molecule has 28 heavy (non-hydrogen) atoms. The largest absolute Gasteiger partial charge is 0.417 e. The Balaban J connectivity index is 0.00000280. The van der Waals surface area contributed by atoms with Gasteiger partial charge >= 0.3 is 6.18 Å². The number of benzene rings is 1. The molecule has 1 atom stereocenters. The third-order valence-electron chi connectivity index (χ3n) is 4.10. The second kappa shape index (κ2) is 8.15. The predicted molar refractivity (Wildman–Crippen MR) is 100 cm³/mol. The van der Waals surface area contributed by atoms with Gasteiger partial charge in [0.15, 0.2) is 0 Å². The second-order valence-corrected chi connectivity index (χ2v) is 6.16. The fraction of sp³-hybridized carbons (Fsp3) is 0.278. The Labute approximate surface area is 164 Å². The van der Waals surface area contributed by atoms with Gasteiger partial charge in [0.25, 0.3) is 11.6 Å². The molecule has 3 rings (SSSR count). The van der Waals surface area contributed by atoms with E-state index in [9.17, 15) is 18.0 Å². The lowest BCUT2D eigenvalue weighted by molar-refractivity contribution is -0.137. The molecule has 0 spiro atoms. The first-order chi connectivity index (χ1) is 12.7. The van der Waals surface area contributed by atoms with Gasteiger partial charge in [0, 0.05) is 18.2 Å². The molecule has 0 aliphatic rings.